The van der Waals surface area contributed by atoms with Crippen LogP contribution in [0.1, 0.15) is 0 Å². The van der Waals surface area contributed by atoms with Crippen molar-refractivity contribution < 1.29 is 0 Å². The van der Waals surface area contributed by atoms with Gasteiger partial charge in [0.1, 0.15) is 5.82 Å². The number of aromatic nitrogens is 3. The van der Waals surface area contributed by atoms with Crippen LogP contribution >= 0.6 is 23.2 Å². The van der Waals surface area contributed by atoms with Crippen LogP contribution in [0.15, 0.2) is 66.9 Å². The molecular weight excluding hydrogens is 367 g/mol. The second-order valence-corrected chi connectivity index (χ2v) is 6.56. The Kier molecular flexibility index (Phi) is 4.37. The van der Waals surface area contributed by atoms with Gasteiger partial charge in [0.15, 0.2) is 0 Å². The Morgan fingerprint density at radius 3 is 2.23 bits per heavy atom. The number of anilines is 1. The molecule has 0 aliphatic rings. The van der Waals surface area contributed by atoms with Crippen LogP contribution in [0.5, 0.6) is 0 Å². The molecule has 0 amide bonds. The summed E-state index contributed by atoms with van der Waals surface area (Å²) in [5.41, 5.74) is 10.3. The van der Waals surface area contributed by atoms with Gasteiger partial charge in [0.2, 0.25) is 0 Å². The lowest BCUT2D eigenvalue weighted by Crippen LogP contribution is -1.90. The summed E-state index contributed by atoms with van der Waals surface area (Å²) in [5.74, 6) is 0.591. The van der Waals surface area contributed by atoms with Crippen LogP contribution in [0.4, 0.5) is 5.69 Å². The summed E-state index contributed by atoms with van der Waals surface area (Å²) < 4.78 is 0. The predicted octanol–water partition coefficient (Wildman–Crippen LogP) is 5.69. The van der Waals surface area contributed by atoms with Gasteiger partial charge < -0.3 is 10.7 Å². The van der Waals surface area contributed by atoms with E-state index in [1.54, 1.807) is 30.5 Å². The monoisotopic (exact) mass is 380 g/mol. The van der Waals surface area contributed by atoms with Crippen LogP contribution in [0.25, 0.3) is 34.0 Å². The number of rotatable bonds is 3. The van der Waals surface area contributed by atoms with Gasteiger partial charge in [-0.1, -0.05) is 59.6 Å². The summed E-state index contributed by atoms with van der Waals surface area (Å²) >= 11 is 12.7. The van der Waals surface area contributed by atoms with Gasteiger partial charge in [-0.3, -0.25) is 4.98 Å². The molecule has 0 atom stereocenters. The largest absolute Gasteiger partial charge is 0.397 e. The maximum Gasteiger partial charge on any atom is 0.141 e. The number of aromatic amines is 1. The van der Waals surface area contributed by atoms with E-state index in [9.17, 15) is 0 Å². The third-order valence-corrected chi connectivity index (χ3v) is 4.62. The third-order valence-electron chi connectivity index (χ3n) is 3.99. The molecule has 0 fully saturated rings. The molecule has 0 aliphatic heterocycles. The summed E-state index contributed by atoms with van der Waals surface area (Å²) in [7, 11) is 0. The summed E-state index contributed by atoms with van der Waals surface area (Å²) in [4.78, 5) is 12.5. The molecule has 6 heteroatoms. The van der Waals surface area contributed by atoms with Gasteiger partial charge in [-0.05, 0) is 24.3 Å². The number of pyridine rings is 1. The first kappa shape index (κ1) is 16.6. The van der Waals surface area contributed by atoms with E-state index in [1.807, 2.05) is 36.4 Å². The van der Waals surface area contributed by atoms with Crippen LogP contribution in [-0.4, -0.2) is 15.0 Å². The number of nitrogens with one attached hydrogen (secondary N) is 1. The van der Waals surface area contributed by atoms with Crippen molar-refractivity contribution in [2.75, 3.05) is 5.73 Å². The molecule has 2 heterocycles. The molecule has 0 saturated carbocycles. The first-order valence-electron chi connectivity index (χ1n) is 7.95. The fourth-order valence-corrected chi connectivity index (χ4v) is 3.34. The lowest BCUT2D eigenvalue weighted by Gasteiger charge is -2.03. The number of imidazole rings is 1. The van der Waals surface area contributed by atoms with Crippen LogP contribution < -0.4 is 5.73 Å². The van der Waals surface area contributed by atoms with E-state index < -0.39 is 0 Å². The number of nitrogens with zero attached hydrogens (tertiary/aromatic N) is 2. The molecule has 4 rings (SSSR count). The van der Waals surface area contributed by atoms with E-state index in [4.69, 9.17) is 33.9 Å². The molecule has 26 heavy (non-hydrogen) atoms. The number of nitrogens with two attached hydrogens (primary N) is 1. The highest BCUT2D eigenvalue weighted by molar-refractivity contribution is 6.39. The average molecular weight is 381 g/mol. The zero-order valence-electron chi connectivity index (χ0n) is 13.6. The van der Waals surface area contributed by atoms with Crippen molar-refractivity contribution >= 4 is 28.9 Å². The van der Waals surface area contributed by atoms with Crippen LogP contribution in [0.2, 0.25) is 10.0 Å². The van der Waals surface area contributed by atoms with Crippen molar-refractivity contribution in [1.82, 2.24) is 15.0 Å². The highest BCUT2D eigenvalue weighted by atomic mass is 35.5. The molecular formula is C20H14Cl2N4. The molecule has 4 nitrogen and oxygen atoms in total. The topological polar surface area (TPSA) is 67.6 Å². The average Bonchev–Trinajstić information content (AvgIpc) is 3.08. The number of H-pyrrole nitrogens is 1. The van der Waals surface area contributed by atoms with Crippen LogP contribution in [0.3, 0.4) is 0 Å². The minimum absolute atomic E-state index is 0.530. The van der Waals surface area contributed by atoms with Crippen molar-refractivity contribution in [1.29, 1.82) is 0 Å². The van der Waals surface area contributed by atoms with Gasteiger partial charge in [0.05, 0.1) is 44.6 Å². The second-order valence-electron chi connectivity index (χ2n) is 5.75. The molecule has 4 aromatic rings. The smallest absolute Gasteiger partial charge is 0.141 e. The maximum absolute atomic E-state index is 6.36. The predicted molar refractivity (Wildman–Crippen MR) is 107 cm³/mol. The fraction of sp³-hybridized carbons (Fsp3) is 0. The fourth-order valence-electron chi connectivity index (χ4n) is 2.76. The van der Waals surface area contributed by atoms with Gasteiger partial charge >= 0.3 is 0 Å². The molecule has 0 aliphatic carbocycles. The molecule has 2 aromatic heterocycles. The Hall–Kier alpha value is -2.82. The zero-order chi connectivity index (χ0) is 18.1. The second kappa shape index (κ2) is 6.83. The SMILES string of the molecule is Nc1ccc(-c2[nH]c(-c3c(Cl)cccc3Cl)nc2-c2ccccc2)nc1. The minimum Gasteiger partial charge on any atom is -0.397 e. The first-order valence-corrected chi connectivity index (χ1v) is 8.71. The van der Waals surface area contributed by atoms with Gasteiger partial charge in [-0.25, -0.2) is 4.98 Å². The Balaban J connectivity index is 1.95. The number of nitrogen functional groups attached to an aromatic ring is 1. The summed E-state index contributed by atoms with van der Waals surface area (Å²) in [6.07, 6.45) is 1.62. The van der Waals surface area contributed by atoms with Crippen molar-refractivity contribution in [3.8, 4) is 34.0 Å². The standard InChI is InChI=1S/C20H14Cl2N4/c21-14-7-4-8-15(22)17(14)20-25-18(12-5-2-1-3-6-12)19(26-20)16-10-9-13(23)11-24-16/h1-11H,23H2,(H,25,26). The zero-order valence-corrected chi connectivity index (χ0v) is 15.1. The summed E-state index contributed by atoms with van der Waals surface area (Å²) in [5, 5.41) is 1.06. The maximum atomic E-state index is 6.36. The van der Waals surface area contributed by atoms with Crippen LogP contribution in [0, 0.1) is 0 Å². The molecule has 3 N–H and O–H groups in total. The van der Waals surface area contributed by atoms with Gasteiger partial charge in [0.25, 0.3) is 0 Å². The van der Waals surface area contributed by atoms with E-state index in [1.165, 1.54) is 0 Å². The van der Waals surface area contributed by atoms with Gasteiger partial charge in [-0.15, -0.1) is 0 Å². The van der Waals surface area contributed by atoms with Gasteiger partial charge in [-0.2, -0.15) is 0 Å². The molecule has 128 valence electrons. The molecule has 2 aromatic carbocycles. The highest BCUT2D eigenvalue weighted by Crippen LogP contribution is 2.37. The number of benzene rings is 2. The van der Waals surface area contributed by atoms with E-state index in [0.717, 1.165) is 22.6 Å². The molecule has 0 bridgehead atoms. The van der Waals surface area contributed by atoms with E-state index >= 15 is 0 Å². The third kappa shape index (κ3) is 3.05. The molecule has 0 radical (unpaired) electrons. The number of hydrogen-bond donors (Lipinski definition) is 2. The number of halogens is 2. The van der Waals surface area contributed by atoms with Crippen molar-refractivity contribution in [3.05, 3.63) is 76.9 Å². The van der Waals surface area contributed by atoms with Crippen molar-refractivity contribution in [2.24, 2.45) is 0 Å². The summed E-state index contributed by atoms with van der Waals surface area (Å²) in [6, 6.07) is 18.9. The minimum atomic E-state index is 0.530. The van der Waals surface area contributed by atoms with Crippen molar-refractivity contribution in [2.45, 2.75) is 0 Å². The Morgan fingerprint density at radius 1 is 0.846 bits per heavy atom. The Morgan fingerprint density at radius 2 is 1.58 bits per heavy atom. The summed E-state index contributed by atoms with van der Waals surface area (Å²) in [6.45, 7) is 0. The van der Waals surface area contributed by atoms with Crippen LogP contribution in [-0.2, 0) is 0 Å². The molecule has 0 unspecified atom stereocenters. The normalized spacial score (nSPS) is 10.8. The quantitative estimate of drug-likeness (QED) is 0.479. The van der Waals surface area contributed by atoms with E-state index in [-0.39, 0.29) is 0 Å². The van der Waals surface area contributed by atoms with E-state index in [2.05, 4.69) is 9.97 Å². The lowest BCUT2D eigenvalue weighted by atomic mass is 10.1. The van der Waals surface area contributed by atoms with Crippen molar-refractivity contribution in [3.63, 3.8) is 0 Å². The van der Waals surface area contributed by atoms with Gasteiger partial charge in [0, 0.05) is 5.56 Å². The number of hydrogen-bond acceptors (Lipinski definition) is 3. The lowest BCUT2D eigenvalue weighted by molar-refractivity contribution is 1.27. The highest BCUT2D eigenvalue weighted by Gasteiger charge is 2.19. The molecule has 0 spiro atoms. The van der Waals surface area contributed by atoms with E-state index in [0.29, 0.717) is 27.1 Å². The first-order chi connectivity index (χ1) is 12.6. The Labute approximate surface area is 160 Å². The Bertz CT molecular complexity index is 1040. The molecule has 0 saturated heterocycles.